The standard InChI is InChI=1S/C30H33N3O6S/c1-2-3-17-31-20-27-32(26(29(31)36)18-21-9-5-4-6-10-21)30(37)25(15-16-28(34)35)33(27)40(38,39)24-14-13-22-11-7-8-12-23(22)19-24/h4-14,19,25-27H,2-3,15-18,20H2,1H3,(H,34,35)/t25-,26-,27-/m0/s1. The summed E-state index contributed by atoms with van der Waals surface area (Å²) in [6.45, 7) is 2.49. The van der Waals surface area contributed by atoms with Crippen LogP contribution >= 0.6 is 0 Å². The van der Waals surface area contributed by atoms with Gasteiger partial charge in [0, 0.05) is 19.4 Å². The lowest BCUT2D eigenvalue weighted by Crippen LogP contribution is -2.64. The van der Waals surface area contributed by atoms with Gasteiger partial charge in [0.25, 0.3) is 0 Å². The summed E-state index contributed by atoms with van der Waals surface area (Å²) < 4.78 is 29.8. The highest BCUT2D eigenvalue weighted by Crippen LogP contribution is 2.37. The smallest absolute Gasteiger partial charge is 0.303 e. The van der Waals surface area contributed by atoms with Crippen LogP contribution in [0.2, 0.25) is 0 Å². The molecule has 0 radical (unpaired) electrons. The predicted octanol–water partition coefficient (Wildman–Crippen LogP) is 3.49. The average molecular weight is 564 g/mol. The first-order chi connectivity index (χ1) is 19.2. The van der Waals surface area contributed by atoms with Crippen molar-refractivity contribution in [1.82, 2.24) is 14.1 Å². The Hall–Kier alpha value is -3.76. The number of nitrogens with zero attached hydrogens (tertiary/aromatic N) is 3. The summed E-state index contributed by atoms with van der Waals surface area (Å²) in [6, 6.07) is 19.4. The van der Waals surface area contributed by atoms with E-state index in [9.17, 15) is 27.9 Å². The number of fused-ring (bicyclic) bond motifs is 2. The first-order valence-electron chi connectivity index (χ1n) is 13.6. The van der Waals surface area contributed by atoms with E-state index in [1.807, 2.05) is 61.5 Å². The molecule has 3 aromatic rings. The zero-order valence-corrected chi connectivity index (χ0v) is 23.2. The van der Waals surface area contributed by atoms with Crippen molar-refractivity contribution in [3.8, 4) is 0 Å². The Morgan fingerprint density at radius 3 is 2.33 bits per heavy atom. The van der Waals surface area contributed by atoms with E-state index in [2.05, 4.69) is 0 Å². The number of hydrogen-bond donors (Lipinski definition) is 1. The lowest BCUT2D eigenvalue weighted by atomic mass is 10.00. The largest absolute Gasteiger partial charge is 0.481 e. The molecule has 0 bridgehead atoms. The molecule has 0 aromatic heterocycles. The SMILES string of the molecule is CCCCN1C[C@H]2N(C(=O)[C@H](CCC(=O)O)N2S(=O)(=O)c2ccc3ccccc3c2)[C@@H](Cc2ccccc2)C1=O. The number of rotatable bonds is 10. The fourth-order valence-corrected chi connectivity index (χ4v) is 7.54. The molecule has 2 aliphatic heterocycles. The molecule has 1 N–H and O–H groups in total. The highest BCUT2D eigenvalue weighted by atomic mass is 32.2. The highest BCUT2D eigenvalue weighted by Gasteiger charge is 2.58. The zero-order valence-electron chi connectivity index (χ0n) is 22.3. The quantitative estimate of drug-likeness (QED) is 0.404. The normalized spacial score (nSPS) is 21.7. The van der Waals surface area contributed by atoms with Crippen LogP contribution in [0.4, 0.5) is 0 Å². The molecule has 0 spiro atoms. The number of hydrogen-bond acceptors (Lipinski definition) is 5. The summed E-state index contributed by atoms with van der Waals surface area (Å²) in [6.07, 6.45) is 0.323. The van der Waals surface area contributed by atoms with Crippen molar-refractivity contribution in [3.05, 3.63) is 78.4 Å². The minimum atomic E-state index is -4.25. The minimum absolute atomic E-state index is 0.0257. The van der Waals surface area contributed by atoms with Crippen molar-refractivity contribution < 1.29 is 27.9 Å². The minimum Gasteiger partial charge on any atom is -0.481 e. The molecule has 0 saturated carbocycles. The Bertz CT molecular complexity index is 1530. The molecule has 0 unspecified atom stereocenters. The molecule has 0 aliphatic carbocycles. The lowest BCUT2D eigenvalue weighted by molar-refractivity contribution is -0.152. The summed E-state index contributed by atoms with van der Waals surface area (Å²) in [4.78, 5) is 42.3. The number of carbonyl (C=O) groups is 3. The van der Waals surface area contributed by atoms with Crippen LogP contribution in [0.25, 0.3) is 10.8 Å². The molecule has 210 valence electrons. The number of aliphatic carboxylic acids is 1. The van der Waals surface area contributed by atoms with E-state index in [0.717, 1.165) is 29.2 Å². The highest BCUT2D eigenvalue weighted by molar-refractivity contribution is 7.89. The first kappa shape index (κ1) is 27.8. The number of unbranched alkanes of at least 4 members (excludes halogenated alkanes) is 1. The van der Waals surface area contributed by atoms with Gasteiger partial charge in [-0.05, 0) is 41.3 Å². The third-order valence-corrected chi connectivity index (χ3v) is 9.66. The number of carboxylic acid groups (broad SMARTS) is 1. The molecule has 2 aliphatic rings. The van der Waals surface area contributed by atoms with Gasteiger partial charge in [-0.2, -0.15) is 4.31 Å². The van der Waals surface area contributed by atoms with E-state index in [-0.39, 0.29) is 36.6 Å². The van der Waals surface area contributed by atoms with Crippen molar-refractivity contribution in [1.29, 1.82) is 0 Å². The number of carbonyl (C=O) groups excluding carboxylic acids is 2. The molecular weight excluding hydrogens is 530 g/mol. The zero-order chi connectivity index (χ0) is 28.4. The molecule has 5 rings (SSSR count). The Kier molecular flexibility index (Phi) is 7.91. The summed E-state index contributed by atoms with van der Waals surface area (Å²) in [5.41, 5.74) is 0.850. The maximum absolute atomic E-state index is 14.3. The number of sulfonamides is 1. The van der Waals surface area contributed by atoms with Crippen LogP contribution in [0, 0.1) is 0 Å². The van der Waals surface area contributed by atoms with Crippen LogP contribution in [-0.4, -0.2) is 76.8 Å². The Morgan fingerprint density at radius 2 is 1.62 bits per heavy atom. The lowest BCUT2D eigenvalue weighted by Gasteiger charge is -2.44. The van der Waals surface area contributed by atoms with Gasteiger partial charge in [0.2, 0.25) is 21.8 Å². The second kappa shape index (κ2) is 11.4. The van der Waals surface area contributed by atoms with E-state index in [0.29, 0.717) is 6.54 Å². The first-order valence-corrected chi connectivity index (χ1v) is 15.1. The van der Waals surface area contributed by atoms with Crippen LogP contribution in [-0.2, 0) is 30.8 Å². The Balaban J connectivity index is 1.60. The molecule has 2 heterocycles. The Morgan fingerprint density at radius 1 is 0.925 bits per heavy atom. The fraction of sp³-hybridized carbons (Fsp3) is 0.367. The third kappa shape index (κ3) is 5.21. The number of amides is 2. The van der Waals surface area contributed by atoms with Gasteiger partial charge in [0.15, 0.2) is 0 Å². The summed E-state index contributed by atoms with van der Waals surface area (Å²) in [7, 11) is -4.25. The van der Waals surface area contributed by atoms with Crippen LogP contribution in [0.5, 0.6) is 0 Å². The van der Waals surface area contributed by atoms with Gasteiger partial charge < -0.3 is 14.9 Å². The topological polar surface area (TPSA) is 115 Å². The molecule has 3 atom stereocenters. The fourth-order valence-electron chi connectivity index (χ4n) is 5.77. The summed E-state index contributed by atoms with van der Waals surface area (Å²) in [5.74, 6) is -1.87. The molecule has 40 heavy (non-hydrogen) atoms. The van der Waals surface area contributed by atoms with Crippen LogP contribution in [0.15, 0.2) is 77.7 Å². The molecular formula is C30H33N3O6S. The van der Waals surface area contributed by atoms with Gasteiger partial charge in [-0.15, -0.1) is 0 Å². The number of benzene rings is 3. The van der Waals surface area contributed by atoms with E-state index in [1.165, 1.54) is 15.3 Å². The van der Waals surface area contributed by atoms with Crippen molar-refractivity contribution in [3.63, 3.8) is 0 Å². The van der Waals surface area contributed by atoms with Crippen molar-refractivity contribution >= 4 is 38.6 Å². The van der Waals surface area contributed by atoms with Crippen molar-refractivity contribution in [2.75, 3.05) is 13.1 Å². The summed E-state index contributed by atoms with van der Waals surface area (Å²) >= 11 is 0. The van der Waals surface area contributed by atoms with Crippen molar-refractivity contribution in [2.24, 2.45) is 0 Å². The van der Waals surface area contributed by atoms with Gasteiger partial charge in [-0.3, -0.25) is 14.4 Å². The predicted molar refractivity (Wildman–Crippen MR) is 150 cm³/mol. The van der Waals surface area contributed by atoms with Gasteiger partial charge in [-0.1, -0.05) is 74.0 Å². The van der Waals surface area contributed by atoms with E-state index in [4.69, 9.17) is 0 Å². The Labute approximate surface area is 234 Å². The van der Waals surface area contributed by atoms with Crippen LogP contribution in [0.1, 0.15) is 38.2 Å². The second-order valence-electron chi connectivity index (χ2n) is 10.4. The van der Waals surface area contributed by atoms with Crippen LogP contribution in [0.3, 0.4) is 0 Å². The second-order valence-corrected chi connectivity index (χ2v) is 12.2. The maximum Gasteiger partial charge on any atom is 0.303 e. The van der Waals surface area contributed by atoms with E-state index in [1.54, 1.807) is 17.0 Å². The maximum atomic E-state index is 14.3. The van der Waals surface area contributed by atoms with Gasteiger partial charge in [-0.25, -0.2) is 8.42 Å². The van der Waals surface area contributed by atoms with Crippen molar-refractivity contribution in [2.45, 2.75) is 62.2 Å². The van der Waals surface area contributed by atoms with E-state index >= 15 is 0 Å². The average Bonchev–Trinajstić information content (AvgIpc) is 3.24. The van der Waals surface area contributed by atoms with Gasteiger partial charge in [0.05, 0.1) is 11.4 Å². The van der Waals surface area contributed by atoms with Gasteiger partial charge in [0.1, 0.15) is 18.2 Å². The molecule has 10 heteroatoms. The molecule has 3 aromatic carbocycles. The molecule has 2 saturated heterocycles. The number of carboxylic acids is 1. The third-order valence-electron chi connectivity index (χ3n) is 7.76. The van der Waals surface area contributed by atoms with E-state index < -0.39 is 40.1 Å². The monoisotopic (exact) mass is 563 g/mol. The van der Waals surface area contributed by atoms with Gasteiger partial charge >= 0.3 is 5.97 Å². The summed E-state index contributed by atoms with van der Waals surface area (Å²) in [5, 5.41) is 11.0. The van der Waals surface area contributed by atoms with Crippen LogP contribution < -0.4 is 0 Å². The molecule has 2 amide bonds. The number of piperazine rings is 1. The molecule has 9 nitrogen and oxygen atoms in total. The molecule has 2 fully saturated rings.